The minimum atomic E-state index is -1.10. The molecule has 1 aliphatic carbocycles. The number of aromatic carboxylic acids is 1. The molecule has 26 heavy (non-hydrogen) atoms. The molecule has 0 atom stereocenters. The SMILES string of the molecule is Cc1ccccc1C(=O)N/N=C1\CC(C)(C)Cc2oc(C(=O)O)c(C)c21. The summed E-state index contributed by atoms with van der Waals surface area (Å²) in [6.07, 6.45) is 1.24. The fourth-order valence-corrected chi connectivity index (χ4v) is 3.42. The average molecular weight is 354 g/mol. The molecule has 0 aliphatic heterocycles. The smallest absolute Gasteiger partial charge is 0.372 e. The molecule has 136 valence electrons. The van der Waals surface area contributed by atoms with Crippen LogP contribution in [-0.2, 0) is 6.42 Å². The Balaban J connectivity index is 1.97. The van der Waals surface area contributed by atoms with Crippen molar-refractivity contribution in [3.8, 4) is 0 Å². The van der Waals surface area contributed by atoms with E-state index in [1.165, 1.54) is 0 Å². The van der Waals surface area contributed by atoms with Crippen molar-refractivity contribution < 1.29 is 19.1 Å². The van der Waals surface area contributed by atoms with Gasteiger partial charge in [-0.25, -0.2) is 10.2 Å². The summed E-state index contributed by atoms with van der Waals surface area (Å²) >= 11 is 0. The normalized spacial score (nSPS) is 17.0. The second kappa shape index (κ2) is 6.44. The summed E-state index contributed by atoms with van der Waals surface area (Å²) in [6.45, 7) is 7.70. The number of rotatable bonds is 3. The van der Waals surface area contributed by atoms with Crippen molar-refractivity contribution in [3.63, 3.8) is 0 Å². The van der Waals surface area contributed by atoms with Crippen molar-refractivity contribution in [3.05, 3.63) is 58.0 Å². The van der Waals surface area contributed by atoms with Gasteiger partial charge in [0.1, 0.15) is 5.76 Å². The fourth-order valence-electron chi connectivity index (χ4n) is 3.42. The number of furan rings is 1. The van der Waals surface area contributed by atoms with E-state index in [-0.39, 0.29) is 17.1 Å². The van der Waals surface area contributed by atoms with Gasteiger partial charge in [0.2, 0.25) is 5.76 Å². The van der Waals surface area contributed by atoms with Crippen molar-refractivity contribution in [2.75, 3.05) is 0 Å². The van der Waals surface area contributed by atoms with Crippen molar-refractivity contribution in [1.29, 1.82) is 0 Å². The minimum Gasteiger partial charge on any atom is -0.475 e. The molecule has 0 radical (unpaired) electrons. The molecular formula is C20H22N2O4. The molecule has 6 heteroatoms. The summed E-state index contributed by atoms with van der Waals surface area (Å²) in [6, 6.07) is 7.28. The van der Waals surface area contributed by atoms with Gasteiger partial charge in [-0.05, 0) is 37.3 Å². The molecule has 2 aromatic rings. The van der Waals surface area contributed by atoms with Gasteiger partial charge in [0.05, 0.1) is 5.71 Å². The van der Waals surface area contributed by atoms with Gasteiger partial charge >= 0.3 is 5.97 Å². The number of aryl methyl sites for hydroxylation is 1. The Labute approximate surface area is 151 Å². The van der Waals surface area contributed by atoms with Crippen LogP contribution in [0.1, 0.15) is 63.6 Å². The standard InChI is InChI=1S/C20H22N2O4/c1-11-7-5-6-8-13(11)18(23)22-21-14-9-20(3,4)10-15-16(14)12(2)17(26-15)19(24)25/h5-8H,9-10H2,1-4H3,(H,22,23)(H,24,25)/b21-14+. The van der Waals surface area contributed by atoms with E-state index in [1.807, 2.05) is 19.1 Å². The third-order valence-corrected chi connectivity index (χ3v) is 4.67. The van der Waals surface area contributed by atoms with Gasteiger partial charge in [-0.3, -0.25) is 4.79 Å². The lowest BCUT2D eigenvalue weighted by molar-refractivity contribution is 0.0657. The highest BCUT2D eigenvalue weighted by atomic mass is 16.4. The summed E-state index contributed by atoms with van der Waals surface area (Å²) < 4.78 is 5.58. The third-order valence-electron chi connectivity index (χ3n) is 4.67. The number of carboxylic acids is 1. The number of nitrogens with one attached hydrogen (secondary N) is 1. The minimum absolute atomic E-state index is 0.0642. The maximum absolute atomic E-state index is 12.4. The highest BCUT2D eigenvalue weighted by Gasteiger charge is 2.36. The first-order chi connectivity index (χ1) is 12.2. The second-order valence-electron chi connectivity index (χ2n) is 7.49. The lowest BCUT2D eigenvalue weighted by Gasteiger charge is -2.29. The molecule has 0 unspecified atom stereocenters. The average Bonchev–Trinajstić information content (AvgIpc) is 2.88. The predicted molar refractivity (Wildman–Crippen MR) is 97.7 cm³/mol. The van der Waals surface area contributed by atoms with Crippen LogP contribution < -0.4 is 5.43 Å². The van der Waals surface area contributed by atoms with Crippen LogP contribution in [0, 0.1) is 19.3 Å². The van der Waals surface area contributed by atoms with E-state index in [1.54, 1.807) is 19.1 Å². The number of hydrogen-bond donors (Lipinski definition) is 2. The van der Waals surface area contributed by atoms with Gasteiger partial charge in [-0.2, -0.15) is 5.10 Å². The van der Waals surface area contributed by atoms with E-state index < -0.39 is 5.97 Å². The largest absolute Gasteiger partial charge is 0.475 e. The molecular weight excluding hydrogens is 332 g/mol. The van der Waals surface area contributed by atoms with Crippen LogP contribution >= 0.6 is 0 Å². The molecule has 1 aromatic carbocycles. The fraction of sp³-hybridized carbons (Fsp3) is 0.350. The van der Waals surface area contributed by atoms with Gasteiger partial charge in [0.25, 0.3) is 5.91 Å². The van der Waals surface area contributed by atoms with E-state index in [2.05, 4.69) is 24.4 Å². The summed E-state index contributed by atoms with van der Waals surface area (Å²) in [5, 5.41) is 13.7. The highest BCUT2D eigenvalue weighted by Crippen LogP contribution is 2.38. The zero-order valence-electron chi connectivity index (χ0n) is 15.3. The van der Waals surface area contributed by atoms with Crippen LogP contribution in [0.25, 0.3) is 0 Å². The summed E-state index contributed by atoms with van der Waals surface area (Å²) in [5.41, 5.74) is 5.79. The topological polar surface area (TPSA) is 91.9 Å². The Hall–Kier alpha value is -2.89. The Kier molecular flexibility index (Phi) is 4.44. The highest BCUT2D eigenvalue weighted by molar-refractivity contribution is 6.07. The van der Waals surface area contributed by atoms with E-state index in [9.17, 15) is 14.7 Å². The molecule has 0 saturated heterocycles. The molecule has 0 bridgehead atoms. The first-order valence-electron chi connectivity index (χ1n) is 8.48. The first-order valence-corrected chi connectivity index (χ1v) is 8.48. The van der Waals surface area contributed by atoms with Crippen LogP contribution in [0.4, 0.5) is 0 Å². The molecule has 0 spiro atoms. The molecule has 3 rings (SSSR count). The van der Waals surface area contributed by atoms with Crippen LogP contribution in [0.5, 0.6) is 0 Å². The maximum atomic E-state index is 12.4. The molecule has 1 amide bonds. The Morgan fingerprint density at radius 3 is 2.54 bits per heavy atom. The summed E-state index contributed by atoms with van der Waals surface area (Å²) in [5.74, 6) is -0.844. The van der Waals surface area contributed by atoms with Crippen LogP contribution in [-0.4, -0.2) is 22.7 Å². The molecule has 1 aromatic heterocycles. The number of amides is 1. The number of carbonyl (C=O) groups excluding carboxylic acids is 1. The number of hydrogen-bond acceptors (Lipinski definition) is 4. The molecule has 1 heterocycles. The number of benzene rings is 1. The van der Waals surface area contributed by atoms with Crippen molar-refractivity contribution >= 4 is 17.6 Å². The number of fused-ring (bicyclic) bond motifs is 1. The van der Waals surface area contributed by atoms with E-state index in [4.69, 9.17) is 4.42 Å². The van der Waals surface area contributed by atoms with Gasteiger partial charge < -0.3 is 9.52 Å². The summed E-state index contributed by atoms with van der Waals surface area (Å²) in [4.78, 5) is 23.8. The van der Waals surface area contributed by atoms with E-state index in [0.717, 1.165) is 5.56 Å². The molecule has 0 saturated carbocycles. The molecule has 0 fully saturated rings. The first kappa shape index (κ1) is 17.9. The van der Waals surface area contributed by atoms with E-state index >= 15 is 0 Å². The van der Waals surface area contributed by atoms with Crippen LogP contribution in [0.15, 0.2) is 33.8 Å². The molecule has 1 aliphatic rings. The second-order valence-corrected chi connectivity index (χ2v) is 7.49. The van der Waals surface area contributed by atoms with Crippen LogP contribution in [0.2, 0.25) is 0 Å². The third kappa shape index (κ3) is 3.27. The van der Waals surface area contributed by atoms with Crippen molar-refractivity contribution in [2.24, 2.45) is 10.5 Å². The number of nitrogens with zero attached hydrogens (tertiary/aromatic N) is 1. The van der Waals surface area contributed by atoms with Gasteiger partial charge in [-0.1, -0.05) is 32.0 Å². The monoisotopic (exact) mass is 354 g/mol. The zero-order chi connectivity index (χ0) is 19.1. The number of carbonyl (C=O) groups is 2. The lowest BCUT2D eigenvalue weighted by atomic mass is 9.75. The zero-order valence-corrected chi connectivity index (χ0v) is 15.3. The molecule has 2 N–H and O–H groups in total. The maximum Gasteiger partial charge on any atom is 0.372 e. The van der Waals surface area contributed by atoms with Crippen LogP contribution in [0.3, 0.4) is 0 Å². The van der Waals surface area contributed by atoms with Gasteiger partial charge in [0, 0.05) is 23.1 Å². The van der Waals surface area contributed by atoms with Crippen molar-refractivity contribution in [1.82, 2.24) is 5.43 Å². The quantitative estimate of drug-likeness (QED) is 0.822. The Bertz CT molecular complexity index is 922. The predicted octanol–water partition coefficient (Wildman–Crippen LogP) is 3.70. The lowest BCUT2D eigenvalue weighted by Crippen LogP contribution is -2.29. The van der Waals surface area contributed by atoms with Gasteiger partial charge in [0.15, 0.2) is 0 Å². The van der Waals surface area contributed by atoms with Gasteiger partial charge in [-0.15, -0.1) is 0 Å². The number of hydrazone groups is 1. The van der Waals surface area contributed by atoms with E-state index in [0.29, 0.717) is 41.0 Å². The Morgan fingerprint density at radius 2 is 1.88 bits per heavy atom. The van der Waals surface area contributed by atoms with Crippen molar-refractivity contribution in [2.45, 2.75) is 40.5 Å². The Morgan fingerprint density at radius 1 is 1.19 bits per heavy atom. The number of carboxylic acid groups (broad SMARTS) is 1. The molecule has 6 nitrogen and oxygen atoms in total. The summed E-state index contributed by atoms with van der Waals surface area (Å²) in [7, 11) is 0.